The van der Waals surface area contributed by atoms with Crippen LogP contribution in [-0.2, 0) is 0 Å². The van der Waals surface area contributed by atoms with E-state index in [1.807, 2.05) is 0 Å². The van der Waals surface area contributed by atoms with E-state index in [0.717, 1.165) is 0 Å². The number of aliphatic imine (C=N–C) groups is 2. The molecule has 1 heterocycles. The monoisotopic (exact) mass is 357 g/mol. The molecule has 1 unspecified atom stereocenters. The molecule has 0 N–H and O–H groups in total. The quantitative estimate of drug-likeness (QED) is 0.273. The third-order valence-corrected chi connectivity index (χ3v) is 3.75. The largest absolute Gasteiger partial charge is 0.380 e. The van der Waals surface area contributed by atoms with Crippen molar-refractivity contribution in [2.75, 3.05) is 0 Å². The highest BCUT2D eigenvalue weighted by Crippen LogP contribution is 2.32. The number of benzene rings is 1. The first-order valence-electron chi connectivity index (χ1n) is 5.59. The molecule has 1 aliphatic rings. The average molecular weight is 359 g/mol. The standard InChI is InChI=1S/C12H9BrClN3O3/c1-7-15-11(17(19)20)12(13,16-7)6-10(18)8-2-4-9(14)5-3-8/h2-5H,6H2,1H3. The summed E-state index contributed by atoms with van der Waals surface area (Å²) in [5, 5.41) is 11.5. The average Bonchev–Trinajstić information content (AvgIpc) is 2.65. The third-order valence-electron chi connectivity index (χ3n) is 2.68. The van der Waals surface area contributed by atoms with Gasteiger partial charge in [0.25, 0.3) is 0 Å². The van der Waals surface area contributed by atoms with E-state index in [1.165, 1.54) is 0 Å². The molecular formula is C12H9BrClN3O3. The fourth-order valence-electron chi connectivity index (χ4n) is 1.82. The van der Waals surface area contributed by atoms with Gasteiger partial charge in [0.15, 0.2) is 5.78 Å². The first-order chi connectivity index (χ1) is 9.32. The number of alkyl halides is 1. The second-order valence-corrected chi connectivity index (χ2v) is 5.97. The number of nitrogens with zero attached hydrogens (tertiary/aromatic N) is 3. The Morgan fingerprint density at radius 3 is 2.60 bits per heavy atom. The van der Waals surface area contributed by atoms with Gasteiger partial charge < -0.3 is 10.1 Å². The van der Waals surface area contributed by atoms with Gasteiger partial charge in [-0.3, -0.25) is 4.79 Å². The lowest BCUT2D eigenvalue weighted by molar-refractivity contribution is -0.354. The number of hydrogen-bond acceptors (Lipinski definition) is 5. The summed E-state index contributed by atoms with van der Waals surface area (Å²) in [6.07, 6.45) is -0.189. The summed E-state index contributed by atoms with van der Waals surface area (Å²) in [6, 6.07) is 6.30. The molecule has 0 saturated carbocycles. The summed E-state index contributed by atoms with van der Waals surface area (Å²) in [4.78, 5) is 30.3. The number of rotatable bonds is 3. The second kappa shape index (κ2) is 5.41. The van der Waals surface area contributed by atoms with Crippen molar-refractivity contribution < 1.29 is 9.72 Å². The van der Waals surface area contributed by atoms with Crippen LogP contribution in [0, 0.1) is 10.1 Å². The van der Waals surface area contributed by atoms with Crippen LogP contribution in [-0.4, -0.2) is 26.8 Å². The summed E-state index contributed by atoms with van der Waals surface area (Å²) in [5.41, 5.74) is 0.413. The van der Waals surface area contributed by atoms with Gasteiger partial charge in [0.2, 0.25) is 10.3 Å². The maximum absolute atomic E-state index is 12.2. The lowest BCUT2D eigenvalue weighted by atomic mass is 10.0. The minimum Gasteiger partial charge on any atom is -0.358 e. The van der Waals surface area contributed by atoms with E-state index in [2.05, 4.69) is 25.9 Å². The van der Waals surface area contributed by atoms with Gasteiger partial charge in [-0.05, 0) is 50.1 Å². The van der Waals surface area contributed by atoms with Crippen molar-refractivity contribution in [2.45, 2.75) is 17.8 Å². The first-order valence-corrected chi connectivity index (χ1v) is 6.76. The van der Waals surface area contributed by atoms with E-state index in [-0.39, 0.29) is 23.9 Å². The Balaban J connectivity index is 2.25. The second-order valence-electron chi connectivity index (χ2n) is 4.22. The molecule has 8 heteroatoms. The van der Waals surface area contributed by atoms with E-state index in [9.17, 15) is 14.9 Å². The van der Waals surface area contributed by atoms with Gasteiger partial charge in [-0.2, -0.15) is 0 Å². The van der Waals surface area contributed by atoms with E-state index < -0.39 is 9.37 Å². The van der Waals surface area contributed by atoms with Crippen LogP contribution in [0.4, 0.5) is 0 Å². The number of ketones is 1. The van der Waals surface area contributed by atoms with Crippen molar-refractivity contribution in [3.05, 3.63) is 45.0 Å². The summed E-state index contributed by atoms with van der Waals surface area (Å²) < 4.78 is -1.41. The zero-order valence-corrected chi connectivity index (χ0v) is 12.7. The molecule has 1 aliphatic heterocycles. The zero-order chi connectivity index (χ0) is 14.9. The molecule has 0 aliphatic carbocycles. The zero-order valence-electron chi connectivity index (χ0n) is 10.3. The van der Waals surface area contributed by atoms with Crippen molar-refractivity contribution in [1.82, 2.24) is 0 Å². The maximum Gasteiger partial charge on any atom is 0.380 e. The molecule has 0 saturated heterocycles. The molecule has 1 aromatic carbocycles. The molecule has 0 radical (unpaired) electrons. The van der Waals surface area contributed by atoms with E-state index in [1.54, 1.807) is 31.2 Å². The lowest BCUT2D eigenvalue weighted by Crippen LogP contribution is -2.35. The number of Topliss-reactive ketones (excluding diaryl/α,β-unsaturated/α-hetero) is 1. The predicted molar refractivity (Wildman–Crippen MR) is 79.6 cm³/mol. The Morgan fingerprint density at radius 1 is 1.45 bits per heavy atom. The van der Waals surface area contributed by atoms with Crippen LogP contribution in [0.15, 0.2) is 34.3 Å². The van der Waals surface area contributed by atoms with Gasteiger partial charge in [0.1, 0.15) is 0 Å². The van der Waals surface area contributed by atoms with Gasteiger partial charge in [0.05, 0.1) is 6.42 Å². The predicted octanol–water partition coefficient (Wildman–Crippen LogP) is 3.11. The molecular weight excluding hydrogens is 350 g/mol. The molecule has 0 fully saturated rings. The SMILES string of the molecule is CC1=NC(Br)(CC(=O)c2ccc(Cl)cc2)C([N+](=O)[O-])=N1. The minimum atomic E-state index is -1.41. The molecule has 20 heavy (non-hydrogen) atoms. The van der Waals surface area contributed by atoms with Crippen molar-refractivity contribution >= 4 is 45.0 Å². The van der Waals surface area contributed by atoms with Crippen LogP contribution >= 0.6 is 27.5 Å². The Bertz CT molecular complexity index is 642. The molecule has 104 valence electrons. The maximum atomic E-state index is 12.2. The normalized spacial score (nSPS) is 21.4. The summed E-state index contributed by atoms with van der Waals surface area (Å²) in [6.45, 7) is 1.54. The lowest BCUT2D eigenvalue weighted by Gasteiger charge is -2.14. The topological polar surface area (TPSA) is 84.9 Å². The Hall–Kier alpha value is -1.60. The first kappa shape index (κ1) is 14.8. The molecule has 0 spiro atoms. The molecule has 2 rings (SSSR count). The smallest absolute Gasteiger partial charge is 0.358 e. The molecule has 0 aromatic heterocycles. The number of amidine groups is 2. The van der Waals surface area contributed by atoms with E-state index in [4.69, 9.17) is 11.6 Å². The van der Waals surface area contributed by atoms with Gasteiger partial charge >= 0.3 is 5.84 Å². The van der Waals surface area contributed by atoms with Crippen LogP contribution in [0.25, 0.3) is 0 Å². The van der Waals surface area contributed by atoms with Crippen LogP contribution in [0.3, 0.4) is 0 Å². The molecule has 0 amide bonds. The number of carbonyl (C=O) groups excluding carboxylic acids is 1. The summed E-state index contributed by atoms with van der Waals surface area (Å²) in [5.74, 6) is -0.402. The Labute approximate surface area is 127 Å². The fourth-order valence-corrected chi connectivity index (χ4v) is 2.69. The highest BCUT2D eigenvalue weighted by Gasteiger charge is 2.48. The number of halogens is 2. The highest BCUT2D eigenvalue weighted by atomic mass is 79.9. The summed E-state index contributed by atoms with van der Waals surface area (Å²) in [7, 11) is 0. The van der Waals surface area contributed by atoms with Gasteiger partial charge in [-0.15, -0.1) is 0 Å². The highest BCUT2D eigenvalue weighted by molar-refractivity contribution is 9.10. The van der Waals surface area contributed by atoms with Crippen LogP contribution in [0.2, 0.25) is 5.02 Å². The van der Waals surface area contributed by atoms with Crippen LogP contribution in [0.1, 0.15) is 23.7 Å². The van der Waals surface area contributed by atoms with E-state index >= 15 is 0 Å². The van der Waals surface area contributed by atoms with Gasteiger partial charge in [0, 0.05) is 17.5 Å². The van der Waals surface area contributed by atoms with Crippen molar-refractivity contribution in [2.24, 2.45) is 9.98 Å². The van der Waals surface area contributed by atoms with E-state index in [0.29, 0.717) is 10.6 Å². The molecule has 1 aromatic rings. The number of carbonyl (C=O) groups is 1. The van der Waals surface area contributed by atoms with Crippen molar-refractivity contribution in [3.63, 3.8) is 0 Å². The fraction of sp³-hybridized carbons (Fsp3) is 0.250. The van der Waals surface area contributed by atoms with Crippen LogP contribution < -0.4 is 0 Å². The number of nitro groups is 1. The Morgan fingerprint density at radius 2 is 2.05 bits per heavy atom. The molecule has 0 bridgehead atoms. The van der Waals surface area contributed by atoms with Crippen LogP contribution in [0.5, 0.6) is 0 Å². The van der Waals surface area contributed by atoms with Crippen molar-refractivity contribution in [1.29, 1.82) is 0 Å². The van der Waals surface area contributed by atoms with Crippen molar-refractivity contribution in [3.8, 4) is 0 Å². The number of hydrogen-bond donors (Lipinski definition) is 0. The third kappa shape index (κ3) is 2.94. The minimum absolute atomic E-state index is 0.189. The Kier molecular flexibility index (Phi) is 4.01. The molecule has 6 nitrogen and oxygen atoms in total. The van der Waals surface area contributed by atoms with Gasteiger partial charge in [-0.25, -0.2) is 4.99 Å². The molecule has 1 atom stereocenters. The summed E-state index contributed by atoms with van der Waals surface area (Å²) >= 11 is 8.91. The van der Waals surface area contributed by atoms with Gasteiger partial charge in [-0.1, -0.05) is 11.6 Å².